The second-order valence-corrected chi connectivity index (χ2v) is 7.53. The summed E-state index contributed by atoms with van der Waals surface area (Å²) in [4.78, 5) is 9.33. The zero-order valence-electron chi connectivity index (χ0n) is 15.1. The van der Waals surface area contributed by atoms with Gasteiger partial charge in [0.1, 0.15) is 12.3 Å². The van der Waals surface area contributed by atoms with Gasteiger partial charge in [-0.3, -0.25) is 0 Å². The van der Waals surface area contributed by atoms with E-state index in [0.717, 1.165) is 22.2 Å². The van der Waals surface area contributed by atoms with Crippen molar-refractivity contribution in [3.8, 4) is 5.88 Å². The molecule has 29 heavy (non-hydrogen) atoms. The molecule has 4 rings (SSSR count). The van der Waals surface area contributed by atoms with Crippen molar-refractivity contribution in [1.82, 2.24) is 9.97 Å². The van der Waals surface area contributed by atoms with Crippen molar-refractivity contribution in [2.45, 2.75) is 6.61 Å². The number of hydrogen-bond donors (Lipinski definition) is 0. The van der Waals surface area contributed by atoms with Crippen LogP contribution in [0.1, 0.15) is 16.8 Å². The van der Waals surface area contributed by atoms with E-state index in [4.69, 9.17) is 44.5 Å². The van der Waals surface area contributed by atoms with Gasteiger partial charge in [-0.25, -0.2) is 9.97 Å². The number of halogens is 3. The zero-order chi connectivity index (χ0) is 20.2. The Hall–Kier alpha value is -2.59. The van der Waals surface area contributed by atoms with Gasteiger partial charge in [0.25, 0.3) is 0 Å². The highest BCUT2D eigenvalue weighted by molar-refractivity contribution is 6.35. The molecule has 0 N–H and O–H groups in total. The summed E-state index contributed by atoms with van der Waals surface area (Å²) in [5, 5.41) is 1.79. The first-order chi connectivity index (χ1) is 14.1. The van der Waals surface area contributed by atoms with Gasteiger partial charge in [-0.1, -0.05) is 77.3 Å². The molecule has 0 radical (unpaired) electrons. The number of aromatic nitrogens is 2. The third-order valence-corrected chi connectivity index (χ3v) is 5.20. The van der Waals surface area contributed by atoms with Crippen molar-refractivity contribution in [3.05, 3.63) is 98.6 Å². The lowest BCUT2D eigenvalue weighted by Crippen LogP contribution is -2.02. The number of nitrogens with zero attached hydrogens (tertiary/aromatic N) is 2. The molecule has 1 heterocycles. The summed E-state index contributed by atoms with van der Waals surface area (Å²) in [5.41, 5.74) is 3.83. The van der Waals surface area contributed by atoms with Crippen molar-refractivity contribution in [2.75, 3.05) is 0 Å². The number of fused-ring (bicyclic) bond motifs is 1. The largest absolute Gasteiger partial charge is 0.471 e. The Morgan fingerprint density at radius 2 is 1.48 bits per heavy atom. The Bertz CT molecular complexity index is 1210. The molecule has 0 saturated heterocycles. The summed E-state index contributed by atoms with van der Waals surface area (Å²) in [6.07, 6.45) is 3.69. The van der Waals surface area contributed by atoms with Crippen LogP contribution in [0, 0.1) is 0 Å². The fourth-order valence-electron chi connectivity index (χ4n) is 2.78. The standard InChI is InChI=1S/C23H15Cl3N2O/c24-17-11-9-15(19(26)13-17)10-12-22-23(28-21-8-4-3-7-20(21)27-22)29-14-16-5-1-2-6-18(16)25/h1-13H,14H2. The minimum atomic E-state index is 0.287. The fourth-order valence-corrected chi connectivity index (χ4v) is 3.44. The molecule has 0 aliphatic rings. The molecule has 144 valence electrons. The zero-order valence-corrected chi connectivity index (χ0v) is 17.4. The maximum Gasteiger partial charge on any atom is 0.240 e. The van der Waals surface area contributed by atoms with Crippen molar-refractivity contribution in [3.63, 3.8) is 0 Å². The van der Waals surface area contributed by atoms with Gasteiger partial charge in [0.2, 0.25) is 5.88 Å². The van der Waals surface area contributed by atoms with E-state index in [1.165, 1.54) is 0 Å². The molecule has 4 aromatic rings. The molecule has 1 aromatic heterocycles. The smallest absolute Gasteiger partial charge is 0.240 e. The molecule has 0 amide bonds. The second kappa shape index (κ2) is 8.83. The maximum absolute atomic E-state index is 6.27. The maximum atomic E-state index is 6.27. The van der Waals surface area contributed by atoms with Gasteiger partial charge in [0.05, 0.1) is 11.0 Å². The Balaban J connectivity index is 1.70. The van der Waals surface area contributed by atoms with Crippen molar-refractivity contribution < 1.29 is 4.74 Å². The molecule has 3 aromatic carbocycles. The lowest BCUT2D eigenvalue weighted by atomic mass is 10.2. The van der Waals surface area contributed by atoms with Gasteiger partial charge in [0.15, 0.2) is 0 Å². The molecule has 0 bridgehead atoms. The third-order valence-electron chi connectivity index (χ3n) is 4.27. The van der Waals surface area contributed by atoms with E-state index in [2.05, 4.69) is 4.98 Å². The average molecular weight is 442 g/mol. The lowest BCUT2D eigenvalue weighted by Gasteiger charge is -2.10. The summed E-state index contributed by atoms with van der Waals surface area (Å²) in [5.74, 6) is 0.421. The number of benzene rings is 3. The summed E-state index contributed by atoms with van der Waals surface area (Å²) in [6, 6.07) is 20.5. The monoisotopic (exact) mass is 440 g/mol. The summed E-state index contributed by atoms with van der Waals surface area (Å²) >= 11 is 18.5. The predicted octanol–water partition coefficient (Wildman–Crippen LogP) is 7.34. The molecular formula is C23H15Cl3N2O. The van der Waals surface area contributed by atoms with E-state index in [1.807, 2.05) is 66.7 Å². The minimum absolute atomic E-state index is 0.287. The van der Waals surface area contributed by atoms with Crippen LogP contribution in [0.25, 0.3) is 23.2 Å². The van der Waals surface area contributed by atoms with E-state index in [0.29, 0.717) is 26.6 Å². The van der Waals surface area contributed by atoms with Crippen LogP contribution in [0.5, 0.6) is 5.88 Å². The normalized spacial score (nSPS) is 11.3. The molecule has 0 atom stereocenters. The molecule has 0 fully saturated rings. The molecule has 0 aliphatic carbocycles. The van der Waals surface area contributed by atoms with Crippen LogP contribution in [0.2, 0.25) is 15.1 Å². The van der Waals surface area contributed by atoms with Gasteiger partial charge in [-0.15, -0.1) is 0 Å². The first-order valence-electron chi connectivity index (χ1n) is 8.86. The van der Waals surface area contributed by atoms with Gasteiger partial charge in [-0.05, 0) is 42.0 Å². The van der Waals surface area contributed by atoms with Crippen LogP contribution < -0.4 is 4.74 Å². The molecule has 3 nitrogen and oxygen atoms in total. The summed E-state index contributed by atoms with van der Waals surface area (Å²) < 4.78 is 5.99. The molecule has 0 saturated carbocycles. The van der Waals surface area contributed by atoms with E-state index in [-0.39, 0.29) is 6.61 Å². The molecular weight excluding hydrogens is 427 g/mol. The first-order valence-corrected chi connectivity index (χ1v) is 10.00. The van der Waals surface area contributed by atoms with Crippen LogP contribution in [-0.2, 0) is 6.61 Å². The van der Waals surface area contributed by atoms with E-state index < -0.39 is 0 Å². The van der Waals surface area contributed by atoms with Crippen molar-refractivity contribution >= 4 is 58.0 Å². The van der Waals surface area contributed by atoms with Crippen molar-refractivity contribution in [1.29, 1.82) is 0 Å². The average Bonchev–Trinajstić information content (AvgIpc) is 2.72. The van der Waals surface area contributed by atoms with Crippen LogP contribution >= 0.6 is 34.8 Å². The summed E-state index contributed by atoms with van der Waals surface area (Å²) in [6.45, 7) is 0.287. The van der Waals surface area contributed by atoms with Gasteiger partial charge < -0.3 is 4.74 Å². The van der Waals surface area contributed by atoms with Crippen LogP contribution in [0.4, 0.5) is 0 Å². The number of rotatable bonds is 5. The van der Waals surface area contributed by atoms with Gasteiger partial charge in [-0.2, -0.15) is 0 Å². The van der Waals surface area contributed by atoms with Crippen LogP contribution in [-0.4, -0.2) is 9.97 Å². The van der Waals surface area contributed by atoms with E-state index in [1.54, 1.807) is 12.1 Å². The van der Waals surface area contributed by atoms with E-state index >= 15 is 0 Å². The van der Waals surface area contributed by atoms with Crippen molar-refractivity contribution in [2.24, 2.45) is 0 Å². The number of ether oxygens (including phenoxy) is 1. The summed E-state index contributed by atoms with van der Waals surface area (Å²) in [7, 11) is 0. The molecule has 0 spiro atoms. The highest BCUT2D eigenvalue weighted by Crippen LogP contribution is 2.26. The molecule has 0 aliphatic heterocycles. The molecule has 6 heteroatoms. The fraction of sp³-hybridized carbons (Fsp3) is 0.0435. The minimum Gasteiger partial charge on any atom is -0.471 e. The Morgan fingerprint density at radius 3 is 2.24 bits per heavy atom. The quantitative estimate of drug-likeness (QED) is 0.325. The topological polar surface area (TPSA) is 35.0 Å². The Labute approximate surface area is 183 Å². The SMILES string of the molecule is Clc1ccc(C=Cc2nc3ccccc3nc2OCc2ccccc2Cl)c(Cl)c1. The van der Waals surface area contributed by atoms with Gasteiger partial charge in [0, 0.05) is 20.6 Å². The highest BCUT2D eigenvalue weighted by Gasteiger charge is 2.10. The Morgan fingerprint density at radius 1 is 0.759 bits per heavy atom. The number of para-hydroxylation sites is 2. The van der Waals surface area contributed by atoms with E-state index in [9.17, 15) is 0 Å². The second-order valence-electron chi connectivity index (χ2n) is 6.28. The highest BCUT2D eigenvalue weighted by atomic mass is 35.5. The lowest BCUT2D eigenvalue weighted by molar-refractivity contribution is 0.293. The number of hydrogen-bond acceptors (Lipinski definition) is 3. The molecule has 0 unspecified atom stereocenters. The van der Waals surface area contributed by atoms with Crippen LogP contribution in [0.15, 0.2) is 66.7 Å². The predicted molar refractivity (Wildman–Crippen MR) is 121 cm³/mol. The first kappa shape index (κ1) is 19.7. The third kappa shape index (κ3) is 4.70. The van der Waals surface area contributed by atoms with Crippen LogP contribution in [0.3, 0.4) is 0 Å². The Kier molecular flexibility index (Phi) is 6.00. The van der Waals surface area contributed by atoms with Gasteiger partial charge >= 0.3 is 0 Å².